The first kappa shape index (κ1) is 12.6. The Morgan fingerprint density at radius 2 is 2.19 bits per heavy atom. The molecule has 0 atom stereocenters. The van der Waals surface area contributed by atoms with Crippen molar-refractivity contribution in [3.8, 4) is 10.6 Å². The van der Waals surface area contributed by atoms with E-state index < -0.39 is 4.92 Å². The van der Waals surface area contributed by atoms with Crippen molar-refractivity contribution in [1.82, 2.24) is 4.98 Å². The normalized spacial score (nSPS) is 9.56. The number of non-ortho nitro benzene ring substituents is 1. The van der Waals surface area contributed by atoms with Gasteiger partial charge in [0.05, 0.1) is 4.92 Å². The zero-order valence-corrected chi connectivity index (χ0v) is 10.0. The van der Waals surface area contributed by atoms with E-state index in [4.69, 9.17) is 0 Å². The maximum Gasteiger partial charge on any atom is 0.270 e. The van der Waals surface area contributed by atoms with Crippen molar-refractivity contribution >= 4 is 29.4 Å². The maximum atomic E-state index is 10.6. The van der Waals surface area contributed by atoms with Crippen LogP contribution in [0.25, 0.3) is 10.6 Å². The molecule has 0 unspecified atom stereocenters. The first-order valence-electron chi connectivity index (χ1n) is 4.34. The molecule has 0 bridgehead atoms. The second kappa shape index (κ2) is 5.05. The summed E-state index contributed by atoms with van der Waals surface area (Å²) in [6.45, 7) is 1.90. The molecule has 0 fully saturated rings. The summed E-state index contributed by atoms with van der Waals surface area (Å²) in [6, 6.07) is 6.51. The molecule has 0 aliphatic rings. The molecule has 84 valence electrons. The van der Waals surface area contributed by atoms with Gasteiger partial charge >= 0.3 is 0 Å². The van der Waals surface area contributed by atoms with E-state index in [0.29, 0.717) is 0 Å². The number of benzene rings is 1. The van der Waals surface area contributed by atoms with Gasteiger partial charge in [-0.15, -0.1) is 23.7 Å². The third-order valence-corrected chi connectivity index (χ3v) is 2.93. The Labute approximate surface area is 103 Å². The van der Waals surface area contributed by atoms with Crippen molar-refractivity contribution in [1.29, 1.82) is 0 Å². The molecule has 0 saturated heterocycles. The second-order valence-corrected chi connectivity index (χ2v) is 3.96. The Bertz CT molecular complexity index is 513. The molecule has 0 aliphatic heterocycles. The zero-order chi connectivity index (χ0) is 10.8. The smallest absolute Gasteiger partial charge is 0.258 e. The van der Waals surface area contributed by atoms with Gasteiger partial charge in [0.2, 0.25) is 0 Å². The topological polar surface area (TPSA) is 56.0 Å². The number of hydrogen-bond donors (Lipinski definition) is 0. The lowest BCUT2D eigenvalue weighted by Crippen LogP contribution is -1.87. The van der Waals surface area contributed by atoms with Crippen LogP contribution in [0, 0.1) is 17.0 Å². The van der Waals surface area contributed by atoms with Crippen LogP contribution in [0.4, 0.5) is 5.69 Å². The maximum absolute atomic E-state index is 10.6. The molecule has 1 aromatic heterocycles. The molecule has 0 radical (unpaired) electrons. The fourth-order valence-corrected chi connectivity index (χ4v) is 2.03. The predicted octanol–water partition coefficient (Wildman–Crippen LogP) is 3.45. The van der Waals surface area contributed by atoms with E-state index in [9.17, 15) is 10.1 Å². The van der Waals surface area contributed by atoms with Crippen LogP contribution in [0.15, 0.2) is 29.6 Å². The Kier molecular flexibility index (Phi) is 3.98. The fourth-order valence-electron chi connectivity index (χ4n) is 1.24. The van der Waals surface area contributed by atoms with Gasteiger partial charge in [-0.1, -0.05) is 12.1 Å². The van der Waals surface area contributed by atoms with Crippen LogP contribution in [-0.4, -0.2) is 9.91 Å². The first-order chi connectivity index (χ1) is 7.16. The Balaban J connectivity index is 0.00000128. The predicted molar refractivity (Wildman–Crippen MR) is 66.2 cm³/mol. The molecule has 2 rings (SSSR count). The van der Waals surface area contributed by atoms with Crippen LogP contribution in [-0.2, 0) is 0 Å². The van der Waals surface area contributed by atoms with Gasteiger partial charge < -0.3 is 0 Å². The zero-order valence-electron chi connectivity index (χ0n) is 8.41. The molecule has 6 heteroatoms. The summed E-state index contributed by atoms with van der Waals surface area (Å²) in [4.78, 5) is 14.5. The minimum atomic E-state index is -0.399. The number of nitrogens with zero attached hydrogens (tertiary/aromatic N) is 2. The van der Waals surface area contributed by atoms with Crippen molar-refractivity contribution < 1.29 is 4.92 Å². The van der Waals surface area contributed by atoms with E-state index in [1.807, 2.05) is 18.4 Å². The van der Waals surface area contributed by atoms with Crippen LogP contribution in [0.5, 0.6) is 0 Å². The number of nitro benzene ring substituents is 1. The summed E-state index contributed by atoms with van der Waals surface area (Å²) < 4.78 is 0. The van der Waals surface area contributed by atoms with Gasteiger partial charge in [0.1, 0.15) is 5.01 Å². The van der Waals surface area contributed by atoms with Crippen molar-refractivity contribution in [2.45, 2.75) is 6.92 Å². The van der Waals surface area contributed by atoms with E-state index in [1.165, 1.54) is 23.5 Å². The number of rotatable bonds is 2. The van der Waals surface area contributed by atoms with E-state index in [0.717, 1.165) is 16.3 Å². The number of aryl methyl sites for hydroxylation is 1. The third-order valence-electron chi connectivity index (χ3n) is 1.92. The second-order valence-electron chi connectivity index (χ2n) is 3.10. The Morgan fingerprint density at radius 1 is 1.44 bits per heavy atom. The minimum Gasteiger partial charge on any atom is -0.258 e. The van der Waals surface area contributed by atoms with E-state index >= 15 is 0 Å². The van der Waals surface area contributed by atoms with Crippen LogP contribution in [0.3, 0.4) is 0 Å². The summed E-state index contributed by atoms with van der Waals surface area (Å²) in [6.07, 6.45) is 0. The first-order valence-corrected chi connectivity index (χ1v) is 5.22. The van der Waals surface area contributed by atoms with Gasteiger partial charge in [0.25, 0.3) is 5.69 Å². The molecule has 0 amide bonds. The monoisotopic (exact) mass is 256 g/mol. The van der Waals surface area contributed by atoms with E-state index in [1.54, 1.807) is 6.07 Å². The summed E-state index contributed by atoms with van der Waals surface area (Å²) in [5, 5.41) is 13.3. The lowest BCUT2D eigenvalue weighted by atomic mass is 10.2. The highest BCUT2D eigenvalue weighted by Gasteiger charge is 2.08. The standard InChI is InChI=1S/C10H8N2O2S.ClH/c1-7-6-15-10(11-7)8-3-2-4-9(5-8)12(13)14;/h2-6H,1H3;1H. The lowest BCUT2D eigenvalue weighted by Gasteiger charge is -1.95. The number of halogens is 1. The van der Waals surface area contributed by atoms with Crippen molar-refractivity contribution in [2.75, 3.05) is 0 Å². The van der Waals surface area contributed by atoms with Crippen molar-refractivity contribution in [3.05, 3.63) is 45.5 Å². The third kappa shape index (κ3) is 2.56. The fraction of sp³-hybridized carbons (Fsp3) is 0.100. The Morgan fingerprint density at radius 3 is 2.75 bits per heavy atom. The summed E-state index contributed by atoms with van der Waals surface area (Å²) in [5.74, 6) is 0. The van der Waals surface area contributed by atoms with E-state index in [2.05, 4.69) is 4.98 Å². The summed E-state index contributed by atoms with van der Waals surface area (Å²) >= 11 is 1.49. The van der Waals surface area contributed by atoms with Gasteiger partial charge in [-0.3, -0.25) is 10.1 Å². The largest absolute Gasteiger partial charge is 0.270 e. The highest BCUT2D eigenvalue weighted by Crippen LogP contribution is 2.26. The van der Waals surface area contributed by atoms with Crippen LogP contribution in [0.1, 0.15) is 5.69 Å². The van der Waals surface area contributed by atoms with Crippen molar-refractivity contribution in [2.24, 2.45) is 0 Å². The van der Waals surface area contributed by atoms with Gasteiger partial charge in [-0.25, -0.2) is 4.98 Å². The SMILES string of the molecule is Cc1csc(-c2cccc([N+](=O)[O-])c2)n1.Cl. The van der Waals surface area contributed by atoms with E-state index in [-0.39, 0.29) is 18.1 Å². The Hall–Kier alpha value is -1.46. The summed E-state index contributed by atoms with van der Waals surface area (Å²) in [5.41, 5.74) is 1.82. The van der Waals surface area contributed by atoms with Crippen LogP contribution < -0.4 is 0 Å². The van der Waals surface area contributed by atoms with Gasteiger partial charge in [-0.2, -0.15) is 0 Å². The molecule has 1 heterocycles. The van der Waals surface area contributed by atoms with Gasteiger partial charge in [0.15, 0.2) is 0 Å². The molecule has 0 N–H and O–H groups in total. The van der Waals surface area contributed by atoms with Crippen LogP contribution in [0.2, 0.25) is 0 Å². The van der Waals surface area contributed by atoms with Gasteiger partial charge in [0, 0.05) is 28.8 Å². The minimum absolute atomic E-state index is 0. The molecular weight excluding hydrogens is 248 g/mol. The van der Waals surface area contributed by atoms with Crippen molar-refractivity contribution in [3.63, 3.8) is 0 Å². The molecule has 2 aromatic rings. The quantitative estimate of drug-likeness (QED) is 0.611. The molecular formula is C10H9ClN2O2S. The molecule has 0 saturated carbocycles. The highest BCUT2D eigenvalue weighted by molar-refractivity contribution is 7.13. The van der Waals surface area contributed by atoms with Gasteiger partial charge in [-0.05, 0) is 6.92 Å². The number of hydrogen-bond acceptors (Lipinski definition) is 4. The molecule has 0 spiro atoms. The summed E-state index contributed by atoms with van der Waals surface area (Å²) in [7, 11) is 0. The molecule has 16 heavy (non-hydrogen) atoms. The number of nitro groups is 1. The number of aromatic nitrogens is 1. The molecule has 4 nitrogen and oxygen atoms in total. The molecule has 1 aromatic carbocycles. The number of thiazole rings is 1. The average Bonchev–Trinajstić information content (AvgIpc) is 2.65. The highest BCUT2D eigenvalue weighted by atomic mass is 35.5. The van der Waals surface area contributed by atoms with Crippen LogP contribution >= 0.6 is 23.7 Å². The lowest BCUT2D eigenvalue weighted by molar-refractivity contribution is -0.384. The average molecular weight is 257 g/mol. The molecule has 0 aliphatic carbocycles.